The molecule has 2 aliphatic heterocycles. The molecule has 0 aliphatic carbocycles. The van der Waals surface area contributed by atoms with Crippen LogP contribution in [0.15, 0.2) is 46.0 Å². The first-order valence-corrected chi connectivity index (χ1v) is 10.8. The molecule has 2 aromatic rings. The zero-order valence-corrected chi connectivity index (χ0v) is 16.0. The van der Waals surface area contributed by atoms with E-state index in [9.17, 15) is 10.2 Å². The zero-order chi connectivity index (χ0) is 17.4. The van der Waals surface area contributed by atoms with Crippen molar-refractivity contribution in [1.29, 1.82) is 0 Å². The molecule has 0 spiro atoms. The van der Waals surface area contributed by atoms with Gasteiger partial charge in [-0.05, 0) is 61.7 Å². The SMILES string of the molecule is CC(C(O)c1ccc(O)cc1)N1C2CCC1CC(Sc1cccs1)C2. The summed E-state index contributed by atoms with van der Waals surface area (Å²) in [5.41, 5.74) is 0.889. The van der Waals surface area contributed by atoms with Crippen LogP contribution in [-0.2, 0) is 0 Å². The Balaban J connectivity index is 1.44. The summed E-state index contributed by atoms with van der Waals surface area (Å²) in [5, 5.41) is 23.2. The van der Waals surface area contributed by atoms with Crippen molar-refractivity contribution < 1.29 is 10.2 Å². The van der Waals surface area contributed by atoms with E-state index in [1.165, 1.54) is 29.9 Å². The summed E-state index contributed by atoms with van der Waals surface area (Å²) in [6, 6.07) is 12.6. The van der Waals surface area contributed by atoms with E-state index in [1.807, 2.05) is 35.2 Å². The highest BCUT2D eigenvalue weighted by atomic mass is 32.2. The average Bonchev–Trinajstić information content (AvgIpc) is 3.20. The van der Waals surface area contributed by atoms with Crippen LogP contribution in [0.1, 0.15) is 44.3 Å². The summed E-state index contributed by atoms with van der Waals surface area (Å²) in [4.78, 5) is 2.57. The Kier molecular flexibility index (Phi) is 5.09. The van der Waals surface area contributed by atoms with Gasteiger partial charge in [0.1, 0.15) is 5.75 Å². The molecule has 2 N–H and O–H groups in total. The van der Waals surface area contributed by atoms with E-state index in [1.54, 1.807) is 12.1 Å². The molecule has 4 rings (SSSR count). The Bertz CT molecular complexity index is 674. The van der Waals surface area contributed by atoms with E-state index < -0.39 is 6.10 Å². The molecular weight excluding hydrogens is 350 g/mol. The molecular formula is C20H25NO2S2. The number of nitrogens with zero attached hydrogens (tertiary/aromatic N) is 1. The number of hydrogen-bond acceptors (Lipinski definition) is 5. The minimum Gasteiger partial charge on any atom is -0.508 e. The Hall–Kier alpha value is -1.01. The number of thioether (sulfide) groups is 1. The van der Waals surface area contributed by atoms with Crippen LogP contribution in [0, 0.1) is 0 Å². The molecule has 2 saturated heterocycles. The molecule has 25 heavy (non-hydrogen) atoms. The maximum absolute atomic E-state index is 10.8. The lowest BCUT2D eigenvalue weighted by atomic mass is 9.95. The average molecular weight is 376 g/mol. The highest BCUT2D eigenvalue weighted by Crippen LogP contribution is 2.45. The summed E-state index contributed by atoms with van der Waals surface area (Å²) in [6.07, 6.45) is 4.42. The fourth-order valence-electron chi connectivity index (χ4n) is 4.53. The van der Waals surface area contributed by atoms with E-state index in [2.05, 4.69) is 29.3 Å². The van der Waals surface area contributed by atoms with Crippen molar-refractivity contribution in [2.24, 2.45) is 0 Å². The van der Waals surface area contributed by atoms with Gasteiger partial charge in [-0.25, -0.2) is 0 Å². The lowest BCUT2D eigenvalue weighted by molar-refractivity contribution is 0.0115. The molecule has 4 atom stereocenters. The van der Waals surface area contributed by atoms with Gasteiger partial charge in [0.25, 0.3) is 0 Å². The van der Waals surface area contributed by atoms with E-state index in [-0.39, 0.29) is 11.8 Å². The quantitative estimate of drug-likeness (QED) is 0.797. The number of fused-ring (bicyclic) bond motifs is 2. The van der Waals surface area contributed by atoms with Crippen LogP contribution < -0.4 is 0 Å². The Morgan fingerprint density at radius 3 is 2.40 bits per heavy atom. The van der Waals surface area contributed by atoms with E-state index in [0.29, 0.717) is 17.3 Å². The van der Waals surface area contributed by atoms with Crippen molar-refractivity contribution >= 4 is 23.1 Å². The molecule has 0 radical (unpaired) electrons. The van der Waals surface area contributed by atoms with Crippen LogP contribution in [0.2, 0.25) is 0 Å². The Morgan fingerprint density at radius 1 is 1.12 bits per heavy atom. The van der Waals surface area contributed by atoms with Crippen molar-refractivity contribution in [3.05, 3.63) is 47.3 Å². The minimum atomic E-state index is -0.509. The second kappa shape index (κ2) is 7.31. The number of aromatic hydroxyl groups is 1. The Morgan fingerprint density at radius 2 is 1.80 bits per heavy atom. The largest absolute Gasteiger partial charge is 0.508 e. The number of thiophene rings is 1. The van der Waals surface area contributed by atoms with Crippen molar-refractivity contribution in [2.45, 2.75) is 66.3 Å². The summed E-state index contributed by atoms with van der Waals surface area (Å²) < 4.78 is 1.43. The van der Waals surface area contributed by atoms with Gasteiger partial charge in [0.2, 0.25) is 0 Å². The normalized spacial score (nSPS) is 28.8. The van der Waals surface area contributed by atoms with Crippen molar-refractivity contribution in [3.63, 3.8) is 0 Å². The summed E-state index contributed by atoms with van der Waals surface area (Å²) >= 11 is 3.88. The summed E-state index contributed by atoms with van der Waals surface area (Å²) in [6.45, 7) is 2.15. The number of rotatable bonds is 5. The highest BCUT2D eigenvalue weighted by molar-refractivity contribution is 8.01. The van der Waals surface area contributed by atoms with Crippen LogP contribution in [-0.4, -0.2) is 38.5 Å². The number of phenolic OH excluding ortho intramolecular Hbond substituents is 1. The van der Waals surface area contributed by atoms with Gasteiger partial charge >= 0.3 is 0 Å². The van der Waals surface area contributed by atoms with Gasteiger partial charge in [0.15, 0.2) is 0 Å². The molecule has 2 bridgehead atoms. The predicted octanol–water partition coefficient (Wildman–Crippen LogP) is 4.66. The molecule has 5 heteroatoms. The van der Waals surface area contributed by atoms with E-state index in [4.69, 9.17) is 0 Å². The third kappa shape index (κ3) is 3.61. The molecule has 134 valence electrons. The first-order chi connectivity index (χ1) is 12.1. The maximum Gasteiger partial charge on any atom is 0.115 e. The second-order valence-electron chi connectivity index (χ2n) is 7.25. The first kappa shape index (κ1) is 17.4. The second-order valence-corrected chi connectivity index (χ2v) is 9.80. The van der Waals surface area contributed by atoms with Gasteiger partial charge in [-0.15, -0.1) is 23.1 Å². The van der Waals surface area contributed by atoms with Crippen LogP contribution >= 0.6 is 23.1 Å². The number of piperidine rings is 1. The first-order valence-electron chi connectivity index (χ1n) is 9.06. The molecule has 4 unspecified atom stereocenters. The van der Waals surface area contributed by atoms with Crippen molar-refractivity contribution in [1.82, 2.24) is 4.90 Å². The Labute approximate surface area is 157 Å². The standard InChI is InChI=1S/C20H25NO2S2/c1-13(20(23)14-4-8-17(22)9-5-14)21-15-6-7-16(21)12-18(11-15)25-19-3-2-10-24-19/h2-5,8-10,13,15-16,18,20,22-23H,6-7,11-12H2,1H3. The van der Waals surface area contributed by atoms with Gasteiger partial charge in [-0.2, -0.15) is 0 Å². The third-order valence-corrected chi connectivity index (χ3v) is 8.01. The van der Waals surface area contributed by atoms with Gasteiger partial charge in [0, 0.05) is 23.4 Å². The number of aliphatic hydroxyl groups is 1. The third-order valence-electron chi connectivity index (χ3n) is 5.69. The fourth-order valence-corrected chi connectivity index (χ4v) is 6.90. The summed E-state index contributed by atoms with van der Waals surface area (Å²) in [7, 11) is 0. The molecule has 1 aromatic carbocycles. The topological polar surface area (TPSA) is 43.7 Å². The zero-order valence-electron chi connectivity index (χ0n) is 14.4. The lowest BCUT2D eigenvalue weighted by Crippen LogP contribution is -2.50. The molecule has 0 amide bonds. The van der Waals surface area contributed by atoms with E-state index >= 15 is 0 Å². The number of phenols is 1. The monoisotopic (exact) mass is 375 g/mol. The molecule has 3 heterocycles. The van der Waals surface area contributed by atoms with Gasteiger partial charge in [-0.1, -0.05) is 18.2 Å². The fraction of sp³-hybridized carbons (Fsp3) is 0.500. The van der Waals surface area contributed by atoms with Crippen molar-refractivity contribution in [2.75, 3.05) is 0 Å². The maximum atomic E-state index is 10.8. The molecule has 2 fully saturated rings. The van der Waals surface area contributed by atoms with Crippen LogP contribution in [0.3, 0.4) is 0 Å². The molecule has 1 aromatic heterocycles. The van der Waals surface area contributed by atoms with Crippen LogP contribution in [0.25, 0.3) is 0 Å². The van der Waals surface area contributed by atoms with Crippen LogP contribution in [0.5, 0.6) is 5.75 Å². The van der Waals surface area contributed by atoms with Gasteiger partial charge < -0.3 is 10.2 Å². The van der Waals surface area contributed by atoms with Crippen LogP contribution in [0.4, 0.5) is 0 Å². The van der Waals surface area contributed by atoms with Gasteiger partial charge in [0.05, 0.1) is 10.3 Å². The predicted molar refractivity (Wildman–Crippen MR) is 104 cm³/mol. The number of hydrogen-bond donors (Lipinski definition) is 2. The summed E-state index contributed by atoms with van der Waals surface area (Å²) in [5.74, 6) is 0.245. The number of aliphatic hydroxyl groups excluding tert-OH is 1. The van der Waals surface area contributed by atoms with Crippen molar-refractivity contribution in [3.8, 4) is 5.75 Å². The molecule has 3 nitrogen and oxygen atoms in total. The number of benzene rings is 1. The lowest BCUT2D eigenvalue weighted by Gasteiger charge is -2.43. The smallest absolute Gasteiger partial charge is 0.115 e. The molecule has 2 aliphatic rings. The highest BCUT2D eigenvalue weighted by Gasteiger charge is 2.44. The van der Waals surface area contributed by atoms with E-state index in [0.717, 1.165) is 5.56 Å². The van der Waals surface area contributed by atoms with Gasteiger partial charge in [-0.3, -0.25) is 4.90 Å². The minimum absolute atomic E-state index is 0.106. The molecule has 0 saturated carbocycles.